The molecule has 72 valence electrons. The number of anilines is 1. The van der Waals surface area contributed by atoms with E-state index in [1.807, 2.05) is 12.1 Å². The van der Waals surface area contributed by atoms with Crippen LogP contribution in [0, 0.1) is 11.3 Å². The van der Waals surface area contributed by atoms with Gasteiger partial charge in [0.2, 0.25) is 0 Å². The van der Waals surface area contributed by atoms with Gasteiger partial charge in [-0.3, -0.25) is 0 Å². The summed E-state index contributed by atoms with van der Waals surface area (Å²) in [6.45, 7) is 1.000. The van der Waals surface area contributed by atoms with E-state index in [0.717, 1.165) is 29.5 Å². The van der Waals surface area contributed by atoms with Gasteiger partial charge in [-0.05, 0) is 37.1 Å². The van der Waals surface area contributed by atoms with Gasteiger partial charge in [-0.1, -0.05) is 15.9 Å². The minimum atomic E-state index is 0.0659. The van der Waals surface area contributed by atoms with Crippen molar-refractivity contribution in [1.82, 2.24) is 0 Å². The Morgan fingerprint density at radius 1 is 1.36 bits per heavy atom. The van der Waals surface area contributed by atoms with Crippen molar-refractivity contribution < 1.29 is 0 Å². The monoisotopic (exact) mass is 250 g/mol. The van der Waals surface area contributed by atoms with Crippen molar-refractivity contribution in [2.75, 3.05) is 11.4 Å². The molecule has 1 aromatic carbocycles. The van der Waals surface area contributed by atoms with Crippen LogP contribution in [0.15, 0.2) is 28.7 Å². The molecule has 3 heteroatoms. The zero-order valence-corrected chi connectivity index (χ0v) is 9.37. The predicted molar refractivity (Wildman–Crippen MR) is 60.1 cm³/mol. The Morgan fingerprint density at radius 2 is 2.07 bits per heavy atom. The smallest absolute Gasteiger partial charge is 0.116 e. The van der Waals surface area contributed by atoms with Crippen LogP contribution < -0.4 is 4.90 Å². The minimum Gasteiger partial charge on any atom is -0.356 e. The molecule has 1 heterocycles. The van der Waals surface area contributed by atoms with E-state index < -0.39 is 0 Å². The van der Waals surface area contributed by atoms with Gasteiger partial charge in [0.25, 0.3) is 0 Å². The molecule has 0 amide bonds. The minimum absolute atomic E-state index is 0.0659. The summed E-state index contributed by atoms with van der Waals surface area (Å²) < 4.78 is 1.08. The van der Waals surface area contributed by atoms with Crippen molar-refractivity contribution >= 4 is 21.6 Å². The van der Waals surface area contributed by atoms with Gasteiger partial charge < -0.3 is 4.90 Å². The molecule has 14 heavy (non-hydrogen) atoms. The van der Waals surface area contributed by atoms with E-state index in [4.69, 9.17) is 5.26 Å². The maximum atomic E-state index is 8.95. The van der Waals surface area contributed by atoms with Crippen molar-refractivity contribution in [1.29, 1.82) is 5.26 Å². The molecule has 0 spiro atoms. The van der Waals surface area contributed by atoms with Gasteiger partial charge in [-0.25, -0.2) is 0 Å². The molecule has 0 aliphatic carbocycles. The molecule has 1 aliphatic heterocycles. The van der Waals surface area contributed by atoms with E-state index in [1.165, 1.54) is 0 Å². The quantitative estimate of drug-likeness (QED) is 0.767. The number of nitrogens with zero attached hydrogens (tertiary/aromatic N) is 2. The maximum Gasteiger partial charge on any atom is 0.116 e. The summed E-state index contributed by atoms with van der Waals surface area (Å²) in [4.78, 5) is 2.17. The predicted octanol–water partition coefficient (Wildman–Crippen LogP) is 2.94. The average Bonchev–Trinajstić information content (AvgIpc) is 2.67. The molecule has 0 bridgehead atoms. The van der Waals surface area contributed by atoms with Gasteiger partial charge in [0.05, 0.1) is 6.07 Å². The molecule has 1 unspecified atom stereocenters. The number of hydrogen-bond acceptors (Lipinski definition) is 2. The van der Waals surface area contributed by atoms with Gasteiger partial charge in [0.15, 0.2) is 0 Å². The largest absolute Gasteiger partial charge is 0.356 e. The zero-order valence-electron chi connectivity index (χ0n) is 7.78. The van der Waals surface area contributed by atoms with E-state index in [0.29, 0.717) is 0 Å². The lowest BCUT2D eigenvalue weighted by Crippen LogP contribution is -2.27. The van der Waals surface area contributed by atoms with Crippen LogP contribution in [0.25, 0.3) is 0 Å². The van der Waals surface area contributed by atoms with Crippen molar-refractivity contribution in [3.8, 4) is 6.07 Å². The molecule has 1 fully saturated rings. The van der Waals surface area contributed by atoms with Crippen LogP contribution >= 0.6 is 15.9 Å². The Kier molecular flexibility index (Phi) is 2.74. The Morgan fingerprint density at radius 3 is 2.71 bits per heavy atom. The second-order valence-corrected chi connectivity index (χ2v) is 4.37. The third-order valence-corrected chi connectivity index (χ3v) is 3.09. The van der Waals surface area contributed by atoms with Gasteiger partial charge in [0, 0.05) is 16.7 Å². The van der Waals surface area contributed by atoms with E-state index in [1.54, 1.807) is 0 Å². The first-order valence-electron chi connectivity index (χ1n) is 4.73. The second kappa shape index (κ2) is 4.02. The molecule has 1 aromatic rings. The normalized spacial score (nSPS) is 20.9. The fraction of sp³-hybridized carbons (Fsp3) is 0.364. The van der Waals surface area contributed by atoms with Crippen LogP contribution in [-0.2, 0) is 0 Å². The molecule has 1 atom stereocenters. The molecule has 0 N–H and O–H groups in total. The summed E-state index contributed by atoms with van der Waals surface area (Å²) >= 11 is 3.40. The van der Waals surface area contributed by atoms with Gasteiger partial charge in [-0.15, -0.1) is 0 Å². The number of halogens is 1. The Labute approximate surface area is 92.3 Å². The lowest BCUT2D eigenvalue weighted by Gasteiger charge is -2.21. The van der Waals surface area contributed by atoms with Crippen molar-refractivity contribution in [2.45, 2.75) is 18.9 Å². The van der Waals surface area contributed by atoms with Crippen LogP contribution in [0.4, 0.5) is 5.69 Å². The molecule has 1 aliphatic rings. The molecule has 1 saturated heterocycles. The fourth-order valence-electron chi connectivity index (χ4n) is 1.84. The summed E-state index contributed by atoms with van der Waals surface area (Å²) in [7, 11) is 0. The Bertz CT molecular complexity index is 353. The van der Waals surface area contributed by atoms with Crippen LogP contribution in [0.2, 0.25) is 0 Å². The summed E-state index contributed by atoms with van der Waals surface area (Å²) in [6.07, 6.45) is 2.11. The van der Waals surface area contributed by atoms with Crippen LogP contribution in [-0.4, -0.2) is 12.6 Å². The molecule has 0 radical (unpaired) electrons. The molecular weight excluding hydrogens is 240 g/mol. The number of nitriles is 1. The van der Waals surface area contributed by atoms with Crippen molar-refractivity contribution in [3.05, 3.63) is 28.7 Å². The fourth-order valence-corrected chi connectivity index (χ4v) is 2.11. The SMILES string of the molecule is N#CC1CCCN1c1ccc(Br)cc1. The zero-order chi connectivity index (χ0) is 9.97. The third-order valence-electron chi connectivity index (χ3n) is 2.56. The first-order valence-corrected chi connectivity index (χ1v) is 5.52. The highest BCUT2D eigenvalue weighted by Gasteiger charge is 2.23. The summed E-state index contributed by atoms with van der Waals surface area (Å²) in [5, 5.41) is 8.95. The highest BCUT2D eigenvalue weighted by atomic mass is 79.9. The van der Waals surface area contributed by atoms with Gasteiger partial charge in [0.1, 0.15) is 6.04 Å². The topological polar surface area (TPSA) is 27.0 Å². The average molecular weight is 251 g/mol. The summed E-state index contributed by atoms with van der Waals surface area (Å²) in [5.41, 5.74) is 1.15. The number of rotatable bonds is 1. The Hall–Kier alpha value is -1.01. The van der Waals surface area contributed by atoms with Gasteiger partial charge >= 0.3 is 0 Å². The number of benzene rings is 1. The lowest BCUT2D eigenvalue weighted by atomic mass is 10.2. The molecule has 2 nitrogen and oxygen atoms in total. The summed E-state index contributed by atoms with van der Waals surface area (Å²) in [5.74, 6) is 0. The van der Waals surface area contributed by atoms with Crippen LogP contribution in [0.1, 0.15) is 12.8 Å². The van der Waals surface area contributed by atoms with Gasteiger partial charge in [-0.2, -0.15) is 5.26 Å². The first-order chi connectivity index (χ1) is 6.81. The highest BCUT2D eigenvalue weighted by Crippen LogP contribution is 2.26. The molecule has 0 saturated carbocycles. The Balaban J connectivity index is 2.23. The van der Waals surface area contributed by atoms with E-state index in [9.17, 15) is 0 Å². The van der Waals surface area contributed by atoms with Crippen molar-refractivity contribution in [2.24, 2.45) is 0 Å². The van der Waals surface area contributed by atoms with E-state index >= 15 is 0 Å². The molecular formula is C11H11BrN2. The second-order valence-electron chi connectivity index (χ2n) is 3.46. The standard InChI is InChI=1S/C11H11BrN2/c12-9-3-5-10(6-4-9)14-7-1-2-11(14)8-13/h3-6,11H,1-2,7H2. The molecule has 2 rings (SSSR count). The van der Waals surface area contributed by atoms with Crippen molar-refractivity contribution in [3.63, 3.8) is 0 Å². The van der Waals surface area contributed by atoms with Crippen LogP contribution in [0.3, 0.4) is 0 Å². The molecule has 0 aromatic heterocycles. The van der Waals surface area contributed by atoms with E-state index in [-0.39, 0.29) is 6.04 Å². The highest BCUT2D eigenvalue weighted by molar-refractivity contribution is 9.10. The maximum absolute atomic E-state index is 8.95. The third kappa shape index (κ3) is 1.76. The van der Waals surface area contributed by atoms with Crippen LogP contribution in [0.5, 0.6) is 0 Å². The van der Waals surface area contributed by atoms with E-state index in [2.05, 4.69) is 39.0 Å². The lowest BCUT2D eigenvalue weighted by molar-refractivity contribution is 0.818. The summed E-state index contributed by atoms with van der Waals surface area (Å²) in [6, 6.07) is 10.5. The first kappa shape index (κ1) is 9.54. The number of hydrogen-bond donors (Lipinski definition) is 0.